The fraction of sp³-hybridized carbons (Fsp3) is 0.810. The summed E-state index contributed by atoms with van der Waals surface area (Å²) in [5.41, 5.74) is 1.86. The van der Waals surface area contributed by atoms with Crippen molar-refractivity contribution in [3.8, 4) is 0 Å². The van der Waals surface area contributed by atoms with E-state index in [4.69, 9.17) is 0 Å². The summed E-state index contributed by atoms with van der Waals surface area (Å²) in [7, 11) is 0. The molecule has 0 aromatic carbocycles. The Morgan fingerprint density at radius 2 is 1.91 bits per heavy atom. The van der Waals surface area contributed by atoms with Crippen LogP contribution in [0, 0.1) is 28.6 Å². The van der Waals surface area contributed by atoms with E-state index < -0.39 is 0 Å². The minimum absolute atomic E-state index is 0.0929. The second-order valence-electron chi connectivity index (χ2n) is 8.92. The van der Waals surface area contributed by atoms with Crippen molar-refractivity contribution >= 4 is 0 Å². The smallest absolute Gasteiger partial charge is 0.0596 e. The van der Waals surface area contributed by atoms with Crippen molar-refractivity contribution in [2.45, 2.75) is 77.4 Å². The van der Waals surface area contributed by atoms with Crippen LogP contribution in [-0.4, -0.2) is 22.4 Å². The summed E-state index contributed by atoms with van der Waals surface area (Å²) in [4.78, 5) is 0. The molecule has 0 amide bonds. The monoisotopic (exact) mass is 316 g/mol. The van der Waals surface area contributed by atoms with Gasteiger partial charge in [-0.2, -0.15) is 0 Å². The maximum absolute atomic E-state index is 10.5. The number of aliphatic hydroxyl groups is 2. The molecule has 2 N–H and O–H groups in total. The molecule has 0 aromatic rings. The standard InChI is InChI=1S/C21H32O2/c1-3-10-21-12-8-15(22)13-14(21)4-5-16-17-6-7-19(23)20(17,2)11-9-18(16)21/h3-4,10,15-19,22-23H,5-9,11-13H2,1-2H3/b10-3-/t15-,16-,17-,18-,19-,20-,21-/m0/s1. The number of rotatable bonds is 1. The number of fused-ring (bicyclic) bond motifs is 5. The van der Waals surface area contributed by atoms with Gasteiger partial charge in [-0.15, -0.1) is 0 Å². The predicted octanol–water partition coefficient (Wildman–Crippen LogP) is 4.23. The summed E-state index contributed by atoms with van der Waals surface area (Å²) in [5, 5.41) is 20.7. The molecular formula is C21H32O2. The summed E-state index contributed by atoms with van der Waals surface area (Å²) in [6.07, 6.45) is 15.7. The van der Waals surface area contributed by atoms with Gasteiger partial charge in [-0.3, -0.25) is 0 Å². The second-order valence-corrected chi connectivity index (χ2v) is 8.92. The molecule has 128 valence electrons. The van der Waals surface area contributed by atoms with E-state index in [1.54, 1.807) is 0 Å². The van der Waals surface area contributed by atoms with Gasteiger partial charge in [0, 0.05) is 5.41 Å². The second kappa shape index (κ2) is 5.46. The van der Waals surface area contributed by atoms with Crippen LogP contribution < -0.4 is 0 Å². The van der Waals surface area contributed by atoms with Crippen molar-refractivity contribution in [1.29, 1.82) is 0 Å². The minimum atomic E-state index is -0.140. The molecule has 0 bridgehead atoms. The third kappa shape index (κ3) is 2.14. The van der Waals surface area contributed by atoms with Crippen molar-refractivity contribution in [3.05, 3.63) is 23.8 Å². The fourth-order valence-electron chi connectivity index (χ4n) is 6.93. The zero-order valence-corrected chi connectivity index (χ0v) is 14.7. The zero-order valence-electron chi connectivity index (χ0n) is 14.7. The van der Waals surface area contributed by atoms with Crippen LogP contribution in [0.15, 0.2) is 23.8 Å². The van der Waals surface area contributed by atoms with Gasteiger partial charge in [0.25, 0.3) is 0 Å². The molecule has 3 saturated carbocycles. The summed E-state index contributed by atoms with van der Waals surface area (Å²) in [6, 6.07) is 0. The van der Waals surface area contributed by atoms with E-state index >= 15 is 0 Å². The minimum Gasteiger partial charge on any atom is -0.393 e. The van der Waals surface area contributed by atoms with E-state index in [1.807, 2.05) is 0 Å². The lowest BCUT2D eigenvalue weighted by Gasteiger charge is -2.57. The molecule has 0 unspecified atom stereocenters. The van der Waals surface area contributed by atoms with E-state index in [-0.39, 0.29) is 23.0 Å². The number of hydrogen-bond donors (Lipinski definition) is 2. The van der Waals surface area contributed by atoms with Gasteiger partial charge in [0.05, 0.1) is 12.2 Å². The lowest BCUT2D eigenvalue weighted by molar-refractivity contribution is -0.0643. The van der Waals surface area contributed by atoms with Gasteiger partial charge in [0.1, 0.15) is 0 Å². The fourth-order valence-corrected chi connectivity index (χ4v) is 6.93. The molecule has 0 saturated heterocycles. The number of aliphatic hydroxyl groups excluding tert-OH is 2. The Morgan fingerprint density at radius 1 is 1.09 bits per heavy atom. The van der Waals surface area contributed by atoms with E-state index in [0.717, 1.165) is 37.5 Å². The molecule has 0 aliphatic heterocycles. The van der Waals surface area contributed by atoms with Crippen LogP contribution >= 0.6 is 0 Å². The van der Waals surface area contributed by atoms with Crippen molar-refractivity contribution in [3.63, 3.8) is 0 Å². The van der Waals surface area contributed by atoms with Gasteiger partial charge in [-0.1, -0.05) is 30.7 Å². The molecule has 3 fully saturated rings. The van der Waals surface area contributed by atoms with Crippen LogP contribution in [-0.2, 0) is 0 Å². The highest BCUT2D eigenvalue weighted by molar-refractivity contribution is 5.31. The van der Waals surface area contributed by atoms with E-state index in [0.29, 0.717) is 5.92 Å². The van der Waals surface area contributed by atoms with Crippen LogP contribution in [0.25, 0.3) is 0 Å². The molecule has 0 heterocycles. The van der Waals surface area contributed by atoms with Gasteiger partial charge in [-0.25, -0.2) is 0 Å². The molecule has 0 spiro atoms. The Kier molecular flexibility index (Phi) is 3.77. The van der Waals surface area contributed by atoms with E-state index in [2.05, 4.69) is 32.1 Å². The lowest BCUT2D eigenvalue weighted by atomic mass is 9.47. The maximum atomic E-state index is 10.5. The molecular weight excluding hydrogens is 284 g/mol. The Balaban J connectivity index is 1.73. The average Bonchev–Trinajstić information content (AvgIpc) is 2.84. The first-order valence-corrected chi connectivity index (χ1v) is 9.71. The summed E-state index contributed by atoms with van der Waals surface area (Å²) < 4.78 is 0. The summed E-state index contributed by atoms with van der Waals surface area (Å²) in [5.74, 6) is 2.12. The molecule has 2 nitrogen and oxygen atoms in total. The van der Waals surface area contributed by atoms with Crippen molar-refractivity contribution in [2.24, 2.45) is 28.6 Å². The van der Waals surface area contributed by atoms with Crippen LogP contribution in [0.4, 0.5) is 0 Å². The Labute approximate surface area is 140 Å². The topological polar surface area (TPSA) is 40.5 Å². The van der Waals surface area contributed by atoms with E-state index in [9.17, 15) is 10.2 Å². The first kappa shape index (κ1) is 15.9. The summed E-state index contributed by atoms with van der Waals surface area (Å²) in [6.45, 7) is 4.49. The van der Waals surface area contributed by atoms with Crippen molar-refractivity contribution in [2.75, 3.05) is 0 Å². The highest BCUT2D eigenvalue weighted by atomic mass is 16.3. The maximum Gasteiger partial charge on any atom is 0.0596 e. The molecule has 4 aliphatic rings. The highest BCUT2D eigenvalue weighted by Gasteiger charge is 2.58. The van der Waals surface area contributed by atoms with E-state index in [1.165, 1.54) is 31.3 Å². The van der Waals surface area contributed by atoms with Crippen molar-refractivity contribution < 1.29 is 10.2 Å². The molecule has 2 heteroatoms. The molecule has 7 atom stereocenters. The molecule has 23 heavy (non-hydrogen) atoms. The van der Waals surface area contributed by atoms with Gasteiger partial charge in [-0.05, 0) is 81.5 Å². The Morgan fingerprint density at radius 3 is 2.70 bits per heavy atom. The third-order valence-corrected chi connectivity index (χ3v) is 8.09. The molecule has 4 aliphatic carbocycles. The van der Waals surface area contributed by atoms with Crippen LogP contribution in [0.1, 0.15) is 65.2 Å². The average molecular weight is 316 g/mol. The number of allylic oxidation sites excluding steroid dienone is 3. The quantitative estimate of drug-likeness (QED) is 0.711. The van der Waals surface area contributed by atoms with Crippen LogP contribution in [0.5, 0.6) is 0 Å². The normalized spacial score (nSPS) is 52.7. The van der Waals surface area contributed by atoms with Crippen molar-refractivity contribution in [1.82, 2.24) is 0 Å². The zero-order chi connectivity index (χ0) is 16.2. The molecule has 4 rings (SSSR count). The van der Waals surface area contributed by atoms with Crippen LogP contribution in [0.3, 0.4) is 0 Å². The van der Waals surface area contributed by atoms with Crippen LogP contribution in [0.2, 0.25) is 0 Å². The third-order valence-electron chi connectivity index (χ3n) is 8.09. The Bertz CT molecular complexity index is 536. The largest absolute Gasteiger partial charge is 0.393 e. The molecule has 0 radical (unpaired) electrons. The highest BCUT2D eigenvalue weighted by Crippen LogP contribution is 2.65. The molecule has 0 aromatic heterocycles. The first-order chi connectivity index (χ1) is 11.0. The number of hydrogen-bond acceptors (Lipinski definition) is 2. The van der Waals surface area contributed by atoms with Gasteiger partial charge in [0.15, 0.2) is 0 Å². The SMILES string of the molecule is C/C=C\[C@]12CC[C@H](O)CC1=CC[C@H]1[C@@H]3CC[C@H](O)[C@@]3(C)CC[C@@H]12. The van der Waals surface area contributed by atoms with Gasteiger partial charge < -0.3 is 10.2 Å². The lowest BCUT2D eigenvalue weighted by Crippen LogP contribution is -2.51. The first-order valence-electron chi connectivity index (χ1n) is 9.71. The predicted molar refractivity (Wildman–Crippen MR) is 92.9 cm³/mol. The Hall–Kier alpha value is -0.600. The van der Waals surface area contributed by atoms with Gasteiger partial charge >= 0.3 is 0 Å². The van der Waals surface area contributed by atoms with Gasteiger partial charge in [0.2, 0.25) is 0 Å². The summed E-state index contributed by atoms with van der Waals surface area (Å²) >= 11 is 0.